The molecule has 90 valence electrons. The van der Waals surface area contributed by atoms with Gasteiger partial charge in [0.15, 0.2) is 0 Å². The first-order valence-corrected chi connectivity index (χ1v) is 5.36. The third-order valence-electron chi connectivity index (χ3n) is 2.49. The van der Waals surface area contributed by atoms with Crippen LogP contribution in [0.5, 0.6) is 5.75 Å². The topological polar surface area (TPSA) is 59.0 Å². The molecule has 0 bridgehead atoms. The number of hydrogen-bond acceptors (Lipinski definition) is 3. The van der Waals surface area contributed by atoms with Gasteiger partial charge in [0.2, 0.25) is 0 Å². The fraction of sp³-hybridized carbons (Fsp3) is 0.0714. The number of nitrogens with zero attached hydrogens (tertiary/aromatic N) is 1. The third kappa shape index (κ3) is 2.58. The minimum Gasteiger partial charge on any atom is -0.487 e. The molecule has 0 amide bonds. The average Bonchev–Trinajstić information content (AvgIpc) is 2.38. The molecule has 0 spiro atoms. The minimum absolute atomic E-state index is 0.222. The lowest BCUT2D eigenvalue weighted by Crippen LogP contribution is -2.00. The number of rotatable bonds is 3. The largest absolute Gasteiger partial charge is 0.487 e. The molecule has 2 aromatic carbocycles. The molecule has 2 rings (SSSR count). The molecule has 0 radical (unpaired) electrons. The Labute approximate surface area is 104 Å². The van der Waals surface area contributed by atoms with Crippen molar-refractivity contribution in [1.29, 1.82) is 5.26 Å². The van der Waals surface area contributed by atoms with Gasteiger partial charge in [-0.3, -0.25) is 0 Å². The van der Waals surface area contributed by atoms with Crippen LogP contribution in [0.4, 0.5) is 10.1 Å². The number of anilines is 1. The van der Waals surface area contributed by atoms with Crippen molar-refractivity contribution in [2.75, 3.05) is 5.73 Å². The first-order chi connectivity index (χ1) is 8.70. The Balaban J connectivity index is 2.14. The summed E-state index contributed by atoms with van der Waals surface area (Å²) < 4.78 is 18.3. The molecular weight excluding hydrogens is 231 g/mol. The summed E-state index contributed by atoms with van der Waals surface area (Å²) in [6, 6.07) is 13.2. The van der Waals surface area contributed by atoms with E-state index in [0.29, 0.717) is 11.3 Å². The molecular formula is C14H11FN2O. The van der Waals surface area contributed by atoms with E-state index in [4.69, 9.17) is 15.7 Å². The van der Waals surface area contributed by atoms with Gasteiger partial charge in [0, 0.05) is 11.6 Å². The molecule has 0 heterocycles. The van der Waals surface area contributed by atoms with Crippen molar-refractivity contribution >= 4 is 5.69 Å². The van der Waals surface area contributed by atoms with E-state index in [2.05, 4.69) is 6.07 Å². The summed E-state index contributed by atoms with van der Waals surface area (Å²) in [6.07, 6.45) is 0. The van der Waals surface area contributed by atoms with Crippen LogP contribution in [0.25, 0.3) is 0 Å². The monoisotopic (exact) mass is 242 g/mol. The van der Waals surface area contributed by atoms with Crippen LogP contribution in [0.1, 0.15) is 11.1 Å². The Morgan fingerprint density at radius 2 is 2.00 bits per heavy atom. The Hall–Kier alpha value is -2.54. The maximum atomic E-state index is 12.9. The van der Waals surface area contributed by atoms with Crippen molar-refractivity contribution in [2.45, 2.75) is 6.61 Å². The van der Waals surface area contributed by atoms with E-state index < -0.39 is 5.82 Å². The highest BCUT2D eigenvalue weighted by Crippen LogP contribution is 2.23. The second-order valence-electron chi connectivity index (χ2n) is 3.74. The highest BCUT2D eigenvalue weighted by atomic mass is 19.1. The Morgan fingerprint density at radius 3 is 2.72 bits per heavy atom. The number of nitrogen functional groups attached to an aromatic ring is 1. The molecule has 0 aromatic heterocycles. The average molecular weight is 242 g/mol. The predicted octanol–water partition coefficient (Wildman–Crippen LogP) is 2.86. The van der Waals surface area contributed by atoms with Crippen molar-refractivity contribution < 1.29 is 9.13 Å². The molecule has 0 aliphatic carbocycles. The molecule has 3 nitrogen and oxygen atoms in total. The Morgan fingerprint density at radius 1 is 1.22 bits per heavy atom. The van der Waals surface area contributed by atoms with E-state index in [9.17, 15) is 4.39 Å². The zero-order chi connectivity index (χ0) is 13.0. The first-order valence-electron chi connectivity index (χ1n) is 5.36. The fourth-order valence-electron chi connectivity index (χ4n) is 1.56. The zero-order valence-electron chi connectivity index (χ0n) is 9.56. The summed E-state index contributed by atoms with van der Waals surface area (Å²) in [7, 11) is 0. The highest BCUT2D eigenvalue weighted by molar-refractivity contribution is 5.52. The van der Waals surface area contributed by atoms with Gasteiger partial charge in [0.25, 0.3) is 0 Å². The number of halogens is 1. The summed E-state index contributed by atoms with van der Waals surface area (Å²) >= 11 is 0. The molecule has 2 N–H and O–H groups in total. The Kier molecular flexibility index (Phi) is 3.44. The van der Waals surface area contributed by atoms with E-state index in [1.165, 1.54) is 18.2 Å². The van der Waals surface area contributed by atoms with Gasteiger partial charge in [-0.1, -0.05) is 18.2 Å². The van der Waals surface area contributed by atoms with Gasteiger partial charge in [0.05, 0.1) is 17.3 Å². The maximum absolute atomic E-state index is 12.9. The number of nitrogens with two attached hydrogens (primary N) is 1. The molecule has 4 heteroatoms. The van der Waals surface area contributed by atoms with Crippen LogP contribution in [0, 0.1) is 17.1 Å². The fourth-order valence-corrected chi connectivity index (χ4v) is 1.56. The van der Waals surface area contributed by atoms with E-state index in [-0.39, 0.29) is 12.3 Å². The van der Waals surface area contributed by atoms with E-state index in [1.807, 2.05) is 6.07 Å². The molecule has 0 unspecified atom stereocenters. The minimum atomic E-state index is -0.405. The second kappa shape index (κ2) is 5.19. The Bertz CT molecular complexity index is 605. The summed E-state index contributed by atoms with van der Waals surface area (Å²) in [5.41, 5.74) is 7.19. The van der Waals surface area contributed by atoms with Crippen LogP contribution in [0.15, 0.2) is 42.5 Å². The lowest BCUT2D eigenvalue weighted by atomic mass is 10.1. The van der Waals surface area contributed by atoms with Crippen molar-refractivity contribution in [3.8, 4) is 11.8 Å². The van der Waals surface area contributed by atoms with Crippen molar-refractivity contribution in [3.05, 3.63) is 59.4 Å². The van der Waals surface area contributed by atoms with Gasteiger partial charge in [-0.25, -0.2) is 4.39 Å². The molecule has 18 heavy (non-hydrogen) atoms. The van der Waals surface area contributed by atoms with Gasteiger partial charge >= 0.3 is 0 Å². The van der Waals surface area contributed by atoms with E-state index in [1.54, 1.807) is 18.2 Å². The SMILES string of the molecule is N#Cc1ccccc1COc1ccc(F)cc1N. The predicted molar refractivity (Wildman–Crippen MR) is 66.3 cm³/mol. The summed E-state index contributed by atoms with van der Waals surface area (Å²) in [5.74, 6) is 0.00131. The van der Waals surface area contributed by atoms with Gasteiger partial charge in [-0.2, -0.15) is 5.26 Å². The highest BCUT2D eigenvalue weighted by Gasteiger charge is 2.05. The van der Waals surface area contributed by atoms with Gasteiger partial charge < -0.3 is 10.5 Å². The molecule has 0 saturated heterocycles. The number of nitriles is 1. The van der Waals surface area contributed by atoms with Gasteiger partial charge in [-0.15, -0.1) is 0 Å². The molecule has 0 atom stereocenters. The first kappa shape index (κ1) is 11.9. The van der Waals surface area contributed by atoms with Crippen LogP contribution in [-0.2, 0) is 6.61 Å². The second-order valence-corrected chi connectivity index (χ2v) is 3.74. The normalized spacial score (nSPS) is 9.78. The standard InChI is InChI=1S/C14H11FN2O/c15-12-5-6-14(13(17)7-12)18-9-11-4-2-1-3-10(11)8-16/h1-7H,9,17H2. The van der Waals surface area contributed by atoms with Gasteiger partial charge in [0.1, 0.15) is 18.2 Å². The zero-order valence-corrected chi connectivity index (χ0v) is 9.56. The summed E-state index contributed by atoms with van der Waals surface area (Å²) in [6.45, 7) is 0.222. The van der Waals surface area contributed by atoms with Crippen molar-refractivity contribution in [2.24, 2.45) is 0 Å². The van der Waals surface area contributed by atoms with E-state index in [0.717, 1.165) is 5.56 Å². The molecule has 0 fully saturated rings. The lowest BCUT2D eigenvalue weighted by molar-refractivity contribution is 0.307. The number of ether oxygens (including phenoxy) is 1. The molecule has 0 aliphatic rings. The van der Waals surface area contributed by atoms with Crippen molar-refractivity contribution in [3.63, 3.8) is 0 Å². The van der Waals surface area contributed by atoms with Crippen LogP contribution < -0.4 is 10.5 Å². The van der Waals surface area contributed by atoms with Crippen LogP contribution >= 0.6 is 0 Å². The van der Waals surface area contributed by atoms with Crippen LogP contribution in [0.3, 0.4) is 0 Å². The molecule has 0 aliphatic heterocycles. The lowest BCUT2D eigenvalue weighted by Gasteiger charge is -2.09. The maximum Gasteiger partial charge on any atom is 0.142 e. The van der Waals surface area contributed by atoms with Crippen LogP contribution in [-0.4, -0.2) is 0 Å². The summed E-state index contributed by atoms with van der Waals surface area (Å²) in [5, 5.41) is 8.93. The quantitative estimate of drug-likeness (QED) is 0.842. The molecule has 0 saturated carbocycles. The van der Waals surface area contributed by atoms with Crippen molar-refractivity contribution in [1.82, 2.24) is 0 Å². The third-order valence-corrected chi connectivity index (χ3v) is 2.49. The van der Waals surface area contributed by atoms with Gasteiger partial charge in [-0.05, 0) is 18.2 Å². The van der Waals surface area contributed by atoms with E-state index >= 15 is 0 Å². The number of benzene rings is 2. The molecule has 2 aromatic rings. The smallest absolute Gasteiger partial charge is 0.142 e. The summed E-state index contributed by atoms with van der Waals surface area (Å²) in [4.78, 5) is 0. The van der Waals surface area contributed by atoms with Crippen LogP contribution in [0.2, 0.25) is 0 Å². The number of hydrogen-bond donors (Lipinski definition) is 1.